The Bertz CT molecular complexity index is 342. The number of aliphatic hydroxyl groups excluding tert-OH is 2. The molecule has 0 aliphatic heterocycles. The van der Waals surface area contributed by atoms with E-state index < -0.39 is 6.10 Å². The van der Waals surface area contributed by atoms with Crippen LogP contribution in [0.1, 0.15) is 37.4 Å². The zero-order valence-electron chi connectivity index (χ0n) is 10.8. The minimum atomic E-state index is -0.465. The lowest BCUT2D eigenvalue weighted by molar-refractivity contribution is 0.127. The smallest absolute Gasteiger partial charge is 0.0914 e. The molecule has 1 fully saturated rings. The first-order valence-electron chi connectivity index (χ1n) is 6.88. The molecule has 1 aromatic carbocycles. The summed E-state index contributed by atoms with van der Waals surface area (Å²) in [5, 5.41) is 22.8. The highest BCUT2D eigenvalue weighted by molar-refractivity contribution is 5.17. The third kappa shape index (κ3) is 3.55. The monoisotopic (exact) mass is 249 g/mol. The maximum Gasteiger partial charge on any atom is 0.0914 e. The van der Waals surface area contributed by atoms with E-state index in [4.69, 9.17) is 0 Å². The van der Waals surface area contributed by atoms with Crippen molar-refractivity contribution in [3.05, 3.63) is 35.9 Å². The third-order valence-corrected chi connectivity index (χ3v) is 3.90. The van der Waals surface area contributed by atoms with Crippen molar-refractivity contribution in [2.75, 3.05) is 13.2 Å². The van der Waals surface area contributed by atoms with Crippen molar-refractivity contribution >= 4 is 0 Å². The van der Waals surface area contributed by atoms with Crippen molar-refractivity contribution in [3.8, 4) is 0 Å². The number of aliphatic hydroxyl groups is 2. The van der Waals surface area contributed by atoms with Crippen LogP contribution in [0.4, 0.5) is 0 Å². The highest BCUT2D eigenvalue weighted by Crippen LogP contribution is 2.24. The predicted molar refractivity (Wildman–Crippen MR) is 72.2 cm³/mol. The minimum absolute atomic E-state index is 0.249. The van der Waals surface area contributed by atoms with E-state index >= 15 is 0 Å². The Balaban J connectivity index is 1.83. The fraction of sp³-hybridized carbons (Fsp3) is 0.600. The van der Waals surface area contributed by atoms with Crippen LogP contribution >= 0.6 is 0 Å². The molecule has 3 atom stereocenters. The molecule has 0 radical (unpaired) electrons. The molecule has 3 heteroatoms. The molecule has 100 valence electrons. The van der Waals surface area contributed by atoms with Gasteiger partial charge < -0.3 is 15.5 Å². The van der Waals surface area contributed by atoms with Gasteiger partial charge in [0.1, 0.15) is 0 Å². The minimum Gasteiger partial charge on any atom is -0.396 e. The van der Waals surface area contributed by atoms with Crippen LogP contribution in [0.3, 0.4) is 0 Å². The van der Waals surface area contributed by atoms with E-state index in [0.29, 0.717) is 18.5 Å². The molecule has 3 N–H and O–H groups in total. The molecular weight excluding hydrogens is 226 g/mol. The molecule has 0 spiro atoms. The Morgan fingerprint density at radius 3 is 2.61 bits per heavy atom. The van der Waals surface area contributed by atoms with E-state index in [-0.39, 0.29) is 6.61 Å². The number of hydrogen-bond acceptors (Lipinski definition) is 3. The van der Waals surface area contributed by atoms with Crippen LogP contribution in [0.2, 0.25) is 0 Å². The molecule has 0 amide bonds. The number of hydrogen-bond donors (Lipinski definition) is 3. The first kappa shape index (κ1) is 13.5. The van der Waals surface area contributed by atoms with Gasteiger partial charge in [-0.15, -0.1) is 0 Å². The maximum absolute atomic E-state index is 10.1. The molecule has 0 heterocycles. The Hall–Kier alpha value is -0.900. The normalized spacial score (nSPS) is 25.9. The molecule has 1 saturated carbocycles. The lowest BCUT2D eigenvalue weighted by atomic mass is 9.85. The fourth-order valence-electron chi connectivity index (χ4n) is 2.75. The molecule has 2 rings (SSSR count). The van der Waals surface area contributed by atoms with Gasteiger partial charge in [0.2, 0.25) is 0 Å². The number of nitrogens with one attached hydrogen (secondary N) is 1. The molecule has 18 heavy (non-hydrogen) atoms. The summed E-state index contributed by atoms with van der Waals surface area (Å²) in [6.45, 7) is 0.810. The Morgan fingerprint density at radius 2 is 1.89 bits per heavy atom. The standard InChI is InChI=1S/C15H23NO2/c17-11-13-8-4-5-9-14(13)16-10-15(18)12-6-2-1-3-7-12/h1-3,6-7,13-18H,4-5,8-11H2. The number of rotatable bonds is 5. The van der Waals surface area contributed by atoms with Gasteiger partial charge in [-0.25, -0.2) is 0 Å². The second-order valence-corrected chi connectivity index (χ2v) is 5.17. The number of benzene rings is 1. The van der Waals surface area contributed by atoms with Crippen molar-refractivity contribution in [2.24, 2.45) is 5.92 Å². The molecule has 3 unspecified atom stereocenters. The van der Waals surface area contributed by atoms with Gasteiger partial charge in [0.05, 0.1) is 6.10 Å². The third-order valence-electron chi connectivity index (χ3n) is 3.90. The summed E-state index contributed by atoms with van der Waals surface area (Å²) >= 11 is 0. The molecular formula is C15H23NO2. The predicted octanol–water partition coefficient (Wildman–Crippen LogP) is 1.86. The van der Waals surface area contributed by atoms with Crippen LogP contribution in [0.5, 0.6) is 0 Å². The summed E-state index contributed by atoms with van der Waals surface area (Å²) in [7, 11) is 0. The SMILES string of the molecule is OCC1CCCCC1NCC(O)c1ccccc1. The van der Waals surface area contributed by atoms with Crippen molar-refractivity contribution in [1.82, 2.24) is 5.32 Å². The molecule has 1 aliphatic carbocycles. The van der Waals surface area contributed by atoms with E-state index in [1.165, 1.54) is 12.8 Å². The lowest BCUT2D eigenvalue weighted by Gasteiger charge is -2.31. The van der Waals surface area contributed by atoms with Crippen LogP contribution in [0.25, 0.3) is 0 Å². The molecule has 1 aromatic rings. The van der Waals surface area contributed by atoms with Crippen molar-refractivity contribution in [1.29, 1.82) is 0 Å². The van der Waals surface area contributed by atoms with Crippen LogP contribution in [-0.4, -0.2) is 29.4 Å². The van der Waals surface area contributed by atoms with Crippen LogP contribution in [0.15, 0.2) is 30.3 Å². The molecule has 0 bridgehead atoms. The van der Waals surface area contributed by atoms with Gasteiger partial charge in [-0.05, 0) is 24.3 Å². The summed E-state index contributed by atoms with van der Waals surface area (Å²) in [5.41, 5.74) is 0.946. The lowest BCUT2D eigenvalue weighted by Crippen LogP contribution is -2.41. The van der Waals surface area contributed by atoms with Gasteiger partial charge >= 0.3 is 0 Å². The highest BCUT2D eigenvalue weighted by Gasteiger charge is 2.24. The molecule has 3 nitrogen and oxygen atoms in total. The van der Waals surface area contributed by atoms with Gasteiger partial charge in [-0.3, -0.25) is 0 Å². The van der Waals surface area contributed by atoms with Crippen LogP contribution in [-0.2, 0) is 0 Å². The summed E-state index contributed by atoms with van der Waals surface area (Å²) in [5.74, 6) is 0.349. The largest absolute Gasteiger partial charge is 0.396 e. The summed E-state index contributed by atoms with van der Waals surface area (Å²) in [6, 6.07) is 10.1. The zero-order chi connectivity index (χ0) is 12.8. The second-order valence-electron chi connectivity index (χ2n) is 5.17. The summed E-state index contributed by atoms with van der Waals surface area (Å²) in [4.78, 5) is 0. The maximum atomic E-state index is 10.1. The van der Waals surface area contributed by atoms with E-state index in [2.05, 4.69) is 5.32 Å². The highest BCUT2D eigenvalue weighted by atomic mass is 16.3. The van der Waals surface area contributed by atoms with Crippen LogP contribution in [0, 0.1) is 5.92 Å². The fourth-order valence-corrected chi connectivity index (χ4v) is 2.75. The Morgan fingerprint density at radius 1 is 1.17 bits per heavy atom. The first-order chi connectivity index (χ1) is 8.81. The summed E-state index contributed by atoms with van der Waals surface area (Å²) < 4.78 is 0. The van der Waals surface area contributed by atoms with E-state index in [1.54, 1.807) is 0 Å². The average Bonchev–Trinajstić information content (AvgIpc) is 2.46. The molecule has 0 saturated heterocycles. The van der Waals surface area contributed by atoms with E-state index in [0.717, 1.165) is 18.4 Å². The summed E-state index contributed by atoms with van der Waals surface area (Å²) in [6.07, 6.45) is 4.16. The zero-order valence-corrected chi connectivity index (χ0v) is 10.8. The topological polar surface area (TPSA) is 52.5 Å². The van der Waals surface area contributed by atoms with Crippen LogP contribution < -0.4 is 5.32 Å². The van der Waals surface area contributed by atoms with Crippen molar-refractivity contribution in [2.45, 2.75) is 37.8 Å². The Kier molecular flexibility index (Phi) is 5.17. The van der Waals surface area contributed by atoms with E-state index in [9.17, 15) is 10.2 Å². The van der Waals surface area contributed by atoms with Gasteiger partial charge in [0.25, 0.3) is 0 Å². The average molecular weight is 249 g/mol. The second kappa shape index (κ2) is 6.88. The quantitative estimate of drug-likeness (QED) is 0.746. The Labute approximate surface area is 109 Å². The van der Waals surface area contributed by atoms with E-state index in [1.807, 2.05) is 30.3 Å². The van der Waals surface area contributed by atoms with Gasteiger partial charge in [0.15, 0.2) is 0 Å². The molecule has 0 aromatic heterocycles. The van der Waals surface area contributed by atoms with Crippen molar-refractivity contribution in [3.63, 3.8) is 0 Å². The van der Waals surface area contributed by atoms with Gasteiger partial charge in [-0.1, -0.05) is 43.2 Å². The molecule has 1 aliphatic rings. The van der Waals surface area contributed by atoms with Gasteiger partial charge in [0, 0.05) is 19.2 Å². The van der Waals surface area contributed by atoms with Gasteiger partial charge in [-0.2, -0.15) is 0 Å². The first-order valence-corrected chi connectivity index (χ1v) is 6.88. The van der Waals surface area contributed by atoms with Crippen molar-refractivity contribution < 1.29 is 10.2 Å².